The molecule has 2 N–H and O–H groups in total. The summed E-state index contributed by atoms with van der Waals surface area (Å²) in [5, 5.41) is 8.00. The topological polar surface area (TPSA) is 83.5 Å². The van der Waals surface area contributed by atoms with Crippen molar-refractivity contribution in [3.05, 3.63) is 77.9 Å². The highest BCUT2D eigenvalue weighted by Crippen LogP contribution is 2.25. The lowest BCUT2D eigenvalue weighted by atomic mass is 9.97. The number of ketones is 2. The van der Waals surface area contributed by atoms with Gasteiger partial charge in [0, 0.05) is 5.56 Å². The quantitative estimate of drug-likeness (QED) is 0.140. The van der Waals surface area contributed by atoms with Crippen LogP contribution in [0.5, 0.6) is 0 Å². The van der Waals surface area contributed by atoms with Crippen LogP contribution in [0.4, 0.5) is 0 Å². The molecule has 0 aromatic heterocycles. The summed E-state index contributed by atoms with van der Waals surface area (Å²) in [4.78, 5) is 32.1. The van der Waals surface area contributed by atoms with Crippen molar-refractivity contribution in [2.45, 2.75) is 68.7 Å². The molecule has 0 spiro atoms. The highest BCUT2D eigenvalue weighted by atomic mass is 16.5. The molecule has 1 atom stereocenters. The zero-order valence-electron chi connectivity index (χ0n) is 22.9. The second-order valence-electron chi connectivity index (χ2n) is 7.39. The highest BCUT2D eigenvalue weighted by molar-refractivity contribution is 5.99. The zero-order valence-corrected chi connectivity index (χ0v) is 22.9. The van der Waals surface area contributed by atoms with Crippen molar-refractivity contribution in [2.75, 3.05) is 0 Å². The summed E-state index contributed by atoms with van der Waals surface area (Å²) >= 11 is 0. The molecule has 0 bridgehead atoms. The molecule has 2 rings (SSSR count). The second kappa shape index (κ2) is 19.0. The van der Waals surface area contributed by atoms with Crippen LogP contribution in [0.1, 0.15) is 84.7 Å². The van der Waals surface area contributed by atoms with Gasteiger partial charge in [0.25, 0.3) is 5.91 Å². The molecule has 2 aromatic rings. The van der Waals surface area contributed by atoms with Gasteiger partial charge in [-0.3, -0.25) is 19.6 Å². The maximum absolute atomic E-state index is 11.3. The Morgan fingerprint density at radius 1 is 0.857 bits per heavy atom. The van der Waals surface area contributed by atoms with Crippen LogP contribution in [0.25, 0.3) is 16.7 Å². The van der Waals surface area contributed by atoms with E-state index < -0.39 is 11.8 Å². The van der Waals surface area contributed by atoms with Crippen molar-refractivity contribution in [3.63, 3.8) is 0 Å². The minimum Gasteiger partial charge on any atom is -0.299 e. The Morgan fingerprint density at radius 3 is 1.51 bits per heavy atom. The molecule has 2 aromatic carbocycles. The summed E-state index contributed by atoms with van der Waals surface area (Å²) in [6, 6.07) is 16.3. The molecular formula is C30H43NO4. The van der Waals surface area contributed by atoms with E-state index in [0.29, 0.717) is 0 Å². The van der Waals surface area contributed by atoms with E-state index in [-0.39, 0.29) is 11.6 Å². The van der Waals surface area contributed by atoms with E-state index in [1.807, 2.05) is 58.9 Å². The van der Waals surface area contributed by atoms with Crippen LogP contribution in [-0.2, 0) is 9.59 Å². The van der Waals surface area contributed by atoms with E-state index >= 15 is 0 Å². The van der Waals surface area contributed by atoms with Gasteiger partial charge in [-0.25, -0.2) is 5.48 Å². The molecule has 5 nitrogen and oxygen atoms in total. The molecule has 0 fully saturated rings. The van der Waals surface area contributed by atoms with E-state index in [9.17, 15) is 14.4 Å². The zero-order chi connectivity index (χ0) is 27.6. The van der Waals surface area contributed by atoms with Crippen molar-refractivity contribution in [1.82, 2.24) is 5.48 Å². The molecule has 0 aliphatic carbocycles. The maximum atomic E-state index is 11.3. The van der Waals surface area contributed by atoms with Crippen LogP contribution >= 0.6 is 0 Å². The Labute approximate surface area is 211 Å². The minimum absolute atomic E-state index is 0.0967. The number of carbonyl (C=O) groups is 3. The van der Waals surface area contributed by atoms with Gasteiger partial charge >= 0.3 is 0 Å². The van der Waals surface area contributed by atoms with Gasteiger partial charge in [-0.2, -0.15) is 0 Å². The highest BCUT2D eigenvalue weighted by Gasteiger charge is 2.15. The fraction of sp³-hybridized carbons (Fsp3) is 0.367. The lowest BCUT2D eigenvalue weighted by Gasteiger charge is -2.08. The average Bonchev–Trinajstić information content (AvgIpc) is 2.89. The monoisotopic (exact) mass is 481 g/mol. The molecule has 5 heteroatoms. The number of Topliss-reactive ketones (excluding diaryl/α,β-unsaturated/α-hetero) is 2. The van der Waals surface area contributed by atoms with E-state index in [1.165, 1.54) is 30.5 Å². The van der Waals surface area contributed by atoms with E-state index in [2.05, 4.69) is 43.8 Å². The van der Waals surface area contributed by atoms with Gasteiger partial charge in [0.15, 0.2) is 5.78 Å². The molecule has 0 heterocycles. The fourth-order valence-corrected chi connectivity index (χ4v) is 2.74. The first-order chi connectivity index (χ1) is 16.6. The Balaban J connectivity index is 0. The number of hydrogen-bond acceptors (Lipinski definition) is 4. The van der Waals surface area contributed by atoms with Gasteiger partial charge in [0.05, 0.1) is 5.92 Å². The summed E-state index contributed by atoms with van der Waals surface area (Å²) < 4.78 is 0. The number of carbonyl (C=O) groups excluding carboxylic acids is 3. The molecular weight excluding hydrogens is 438 g/mol. The lowest BCUT2D eigenvalue weighted by Crippen LogP contribution is -2.29. The summed E-state index contributed by atoms with van der Waals surface area (Å²) in [5.74, 6) is -1.58. The molecule has 0 aliphatic heterocycles. The second-order valence-corrected chi connectivity index (χ2v) is 7.39. The van der Waals surface area contributed by atoms with Crippen LogP contribution in [0.15, 0.2) is 66.8 Å². The smallest absolute Gasteiger partial charge is 0.253 e. The number of allylic oxidation sites excluding steroid dienone is 3. The molecule has 0 saturated carbocycles. The summed E-state index contributed by atoms with van der Waals surface area (Å²) in [6.45, 7) is 20.4. The lowest BCUT2D eigenvalue weighted by molar-refractivity contribution is -0.138. The van der Waals surface area contributed by atoms with Gasteiger partial charge in [-0.05, 0) is 56.4 Å². The first-order valence-corrected chi connectivity index (χ1v) is 12.1. The molecule has 1 unspecified atom stereocenters. The number of benzene rings is 2. The average molecular weight is 482 g/mol. The van der Waals surface area contributed by atoms with Crippen molar-refractivity contribution in [1.29, 1.82) is 0 Å². The van der Waals surface area contributed by atoms with Crippen LogP contribution in [0.2, 0.25) is 0 Å². The van der Waals surface area contributed by atoms with Gasteiger partial charge in [-0.1, -0.05) is 101 Å². The largest absolute Gasteiger partial charge is 0.299 e. The number of hydrogen-bond donors (Lipinski definition) is 2. The Morgan fingerprint density at radius 2 is 1.26 bits per heavy atom. The number of rotatable bonds is 7. The molecule has 0 radical (unpaired) electrons. The van der Waals surface area contributed by atoms with E-state index in [1.54, 1.807) is 6.92 Å². The number of amides is 1. The normalized spacial score (nSPS) is 10.6. The van der Waals surface area contributed by atoms with Crippen LogP contribution < -0.4 is 5.48 Å². The minimum atomic E-state index is -0.755. The van der Waals surface area contributed by atoms with Crippen LogP contribution in [0, 0.1) is 5.92 Å². The van der Waals surface area contributed by atoms with Crippen molar-refractivity contribution in [3.8, 4) is 11.1 Å². The summed E-state index contributed by atoms with van der Waals surface area (Å²) in [5.41, 5.74) is 8.01. The predicted octanol–water partition coefficient (Wildman–Crippen LogP) is 7.70. The Kier molecular flexibility index (Phi) is 18.4. The van der Waals surface area contributed by atoms with Gasteiger partial charge in [-0.15, -0.1) is 0 Å². The Bertz CT molecular complexity index is 955. The van der Waals surface area contributed by atoms with Crippen molar-refractivity contribution in [2.24, 2.45) is 5.92 Å². The maximum Gasteiger partial charge on any atom is 0.253 e. The first-order valence-electron chi connectivity index (χ1n) is 12.1. The summed E-state index contributed by atoms with van der Waals surface area (Å²) in [7, 11) is 0. The third kappa shape index (κ3) is 12.6. The first kappa shape index (κ1) is 33.9. The molecule has 35 heavy (non-hydrogen) atoms. The predicted molar refractivity (Wildman–Crippen MR) is 147 cm³/mol. The van der Waals surface area contributed by atoms with Gasteiger partial charge in [0.1, 0.15) is 5.78 Å². The number of nitrogens with one attached hydrogen (secondary N) is 1. The molecule has 192 valence electrons. The van der Waals surface area contributed by atoms with Crippen LogP contribution in [-0.4, -0.2) is 22.7 Å². The SMILES string of the molecule is C=C(C)/C=C(\CC)c1ccc(-c2ccc(C(C)=O)cc2)cc1.CC.CC.CC(=O)C(C)C(=O)NO. The molecule has 1 amide bonds. The molecule has 0 saturated heterocycles. The van der Waals surface area contributed by atoms with Gasteiger partial charge < -0.3 is 0 Å². The number of hydroxylamine groups is 1. The van der Waals surface area contributed by atoms with Gasteiger partial charge in [0.2, 0.25) is 0 Å². The van der Waals surface area contributed by atoms with E-state index in [0.717, 1.165) is 28.7 Å². The fourth-order valence-electron chi connectivity index (χ4n) is 2.74. The van der Waals surface area contributed by atoms with Crippen LogP contribution in [0.3, 0.4) is 0 Å². The van der Waals surface area contributed by atoms with Crippen molar-refractivity contribution >= 4 is 23.0 Å². The molecule has 0 aliphatic rings. The van der Waals surface area contributed by atoms with E-state index in [4.69, 9.17) is 5.21 Å². The standard InChI is InChI=1S/C21H22O.C5H9NO3.2C2H6/c1-5-17(14-15(2)3)19-10-12-21(13-11-19)20-8-6-18(7-9-20)16(4)22;1-3(4(2)7)5(8)6-9;2*1-2/h6-14H,2,5H2,1,3-4H3;3,9H,1-2H3,(H,6,8);2*1-2H3/b17-14+;;;. The van der Waals surface area contributed by atoms with Crippen molar-refractivity contribution < 1.29 is 19.6 Å². The third-order valence-corrected chi connectivity index (χ3v) is 4.80. The third-order valence-electron chi connectivity index (χ3n) is 4.80. The Hall–Kier alpha value is -3.31. The summed E-state index contributed by atoms with van der Waals surface area (Å²) in [6.07, 6.45) is 3.12.